The molecule has 146 valence electrons. The van der Waals surface area contributed by atoms with Gasteiger partial charge in [-0.05, 0) is 36.2 Å². The third-order valence-corrected chi connectivity index (χ3v) is 4.57. The van der Waals surface area contributed by atoms with Crippen molar-refractivity contribution >= 4 is 28.2 Å². The van der Waals surface area contributed by atoms with Crippen LogP contribution in [0.3, 0.4) is 0 Å². The normalized spacial score (nSPS) is 10.8. The lowest BCUT2D eigenvalue weighted by Crippen LogP contribution is -2.25. The van der Waals surface area contributed by atoms with Crippen molar-refractivity contribution in [1.82, 2.24) is 15.3 Å². The van der Waals surface area contributed by atoms with Gasteiger partial charge in [0.2, 0.25) is 0 Å². The molecule has 4 rings (SSSR count). The van der Waals surface area contributed by atoms with Crippen molar-refractivity contribution < 1.29 is 13.6 Å². The van der Waals surface area contributed by atoms with E-state index in [4.69, 9.17) is 0 Å². The zero-order valence-electron chi connectivity index (χ0n) is 15.4. The molecule has 0 aliphatic rings. The largest absolute Gasteiger partial charge is 0.361 e. The number of aromatic amines is 1. The number of aromatic nitrogens is 2. The summed E-state index contributed by atoms with van der Waals surface area (Å²) in [7, 11) is 0. The zero-order valence-corrected chi connectivity index (χ0v) is 15.4. The number of carbonyl (C=O) groups excluding carboxylic acids is 1. The van der Waals surface area contributed by atoms with Gasteiger partial charge in [0.05, 0.1) is 23.1 Å². The topological polar surface area (TPSA) is 69.8 Å². The van der Waals surface area contributed by atoms with Crippen LogP contribution in [0, 0.1) is 11.6 Å². The molecule has 4 aromatic rings. The van der Waals surface area contributed by atoms with E-state index >= 15 is 0 Å². The molecule has 3 N–H and O–H groups in total. The van der Waals surface area contributed by atoms with Crippen LogP contribution in [0.25, 0.3) is 10.9 Å². The molecule has 2 aromatic carbocycles. The fourth-order valence-corrected chi connectivity index (χ4v) is 3.13. The molecule has 0 radical (unpaired) electrons. The third-order valence-electron chi connectivity index (χ3n) is 4.57. The number of H-pyrrole nitrogens is 1. The summed E-state index contributed by atoms with van der Waals surface area (Å²) >= 11 is 0. The molecule has 5 nitrogen and oxygen atoms in total. The summed E-state index contributed by atoms with van der Waals surface area (Å²) in [6, 6.07) is 12.8. The molecule has 0 saturated carbocycles. The van der Waals surface area contributed by atoms with Crippen LogP contribution in [-0.4, -0.2) is 22.4 Å². The molecular weight excluding hydrogens is 374 g/mol. The smallest absolute Gasteiger partial charge is 0.252 e. The lowest BCUT2D eigenvalue weighted by molar-refractivity contribution is 0.0954. The highest BCUT2D eigenvalue weighted by atomic mass is 19.1. The molecule has 0 aliphatic carbocycles. The van der Waals surface area contributed by atoms with Crippen molar-refractivity contribution in [3.63, 3.8) is 0 Å². The summed E-state index contributed by atoms with van der Waals surface area (Å²) in [5.41, 5.74) is 3.06. The lowest BCUT2D eigenvalue weighted by Gasteiger charge is -2.09. The van der Waals surface area contributed by atoms with Crippen molar-refractivity contribution in [2.45, 2.75) is 6.42 Å². The number of para-hydroxylation sites is 1. The Morgan fingerprint density at radius 2 is 1.93 bits per heavy atom. The van der Waals surface area contributed by atoms with Gasteiger partial charge in [-0.15, -0.1) is 0 Å². The van der Waals surface area contributed by atoms with E-state index in [0.717, 1.165) is 28.6 Å². The summed E-state index contributed by atoms with van der Waals surface area (Å²) in [4.78, 5) is 19.7. The number of rotatable bonds is 6. The highest BCUT2D eigenvalue weighted by molar-refractivity contribution is 5.95. The maximum absolute atomic E-state index is 13.8. The van der Waals surface area contributed by atoms with Crippen molar-refractivity contribution in [3.05, 3.63) is 89.9 Å². The fraction of sp³-hybridized carbons (Fsp3) is 0.0909. The van der Waals surface area contributed by atoms with Gasteiger partial charge in [-0.1, -0.05) is 18.2 Å². The Morgan fingerprint density at radius 1 is 1.07 bits per heavy atom. The van der Waals surface area contributed by atoms with Crippen LogP contribution in [0.2, 0.25) is 0 Å². The Balaban J connectivity index is 1.39. The molecule has 29 heavy (non-hydrogen) atoms. The van der Waals surface area contributed by atoms with E-state index in [-0.39, 0.29) is 11.6 Å². The molecule has 2 aromatic heterocycles. The number of anilines is 2. The first-order chi connectivity index (χ1) is 14.1. The second-order valence-electron chi connectivity index (χ2n) is 6.58. The number of hydrogen-bond donors (Lipinski definition) is 3. The number of nitrogens with zero attached hydrogens (tertiary/aromatic N) is 1. The summed E-state index contributed by atoms with van der Waals surface area (Å²) in [5, 5.41) is 6.81. The van der Waals surface area contributed by atoms with Crippen molar-refractivity contribution in [1.29, 1.82) is 0 Å². The number of pyridine rings is 1. The van der Waals surface area contributed by atoms with E-state index in [2.05, 4.69) is 20.6 Å². The Kier molecular flexibility index (Phi) is 5.20. The number of benzene rings is 2. The molecule has 7 heteroatoms. The van der Waals surface area contributed by atoms with Crippen molar-refractivity contribution in [3.8, 4) is 0 Å². The predicted molar refractivity (Wildman–Crippen MR) is 108 cm³/mol. The molecule has 0 fully saturated rings. The van der Waals surface area contributed by atoms with Gasteiger partial charge in [0.15, 0.2) is 0 Å². The standard InChI is InChI=1S/C22H18F2N4O/c23-16-5-6-21(19(24)10-16)28-17-9-15(11-25-13-17)22(29)26-8-7-14-12-27-20-4-2-1-3-18(14)20/h1-6,9-13,27-28H,7-8H2,(H,26,29). The number of halogens is 2. The van der Waals surface area contributed by atoms with Gasteiger partial charge in [0.25, 0.3) is 5.91 Å². The number of carbonyl (C=O) groups is 1. The van der Waals surface area contributed by atoms with Crippen molar-refractivity contribution in [2.75, 3.05) is 11.9 Å². The van der Waals surface area contributed by atoms with Gasteiger partial charge in [0, 0.05) is 35.9 Å². The first-order valence-electron chi connectivity index (χ1n) is 9.10. The van der Waals surface area contributed by atoms with E-state index in [9.17, 15) is 13.6 Å². The first kappa shape index (κ1) is 18.6. The molecule has 0 spiro atoms. The maximum Gasteiger partial charge on any atom is 0.252 e. The minimum Gasteiger partial charge on any atom is -0.361 e. The summed E-state index contributed by atoms with van der Waals surface area (Å²) < 4.78 is 26.8. The molecule has 0 atom stereocenters. The summed E-state index contributed by atoms with van der Waals surface area (Å²) in [6.07, 6.45) is 5.53. The van der Waals surface area contributed by atoms with Crippen LogP contribution in [0.15, 0.2) is 67.1 Å². The number of amides is 1. The van der Waals surface area contributed by atoms with Crippen LogP contribution in [0.4, 0.5) is 20.2 Å². The Morgan fingerprint density at radius 3 is 2.79 bits per heavy atom. The molecule has 0 aliphatic heterocycles. The van der Waals surface area contributed by atoms with E-state index in [1.54, 1.807) is 6.07 Å². The molecule has 0 unspecified atom stereocenters. The Labute approximate surface area is 165 Å². The average molecular weight is 392 g/mol. The number of fused-ring (bicyclic) bond motifs is 1. The highest BCUT2D eigenvalue weighted by Crippen LogP contribution is 2.21. The van der Waals surface area contributed by atoms with Crippen molar-refractivity contribution in [2.24, 2.45) is 0 Å². The van der Waals surface area contributed by atoms with Gasteiger partial charge >= 0.3 is 0 Å². The zero-order chi connectivity index (χ0) is 20.2. The minimum atomic E-state index is -0.724. The number of hydrogen-bond acceptors (Lipinski definition) is 3. The van der Waals surface area contributed by atoms with Gasteiger partial charge in [0.1, 0.15) is 11.6 Å². The molecular formula is C22H18F2N4O. The van der Waals surface area contributed by atoms with E-state index in [1.165, 1.54) is 18.5 Å². The van der Waals surface area contributed by atoms with Gasteiger partial charge in [-0.25, -0.2) is 8.78 Å². The Bertz CT molecular complexity index is 1170. The SMILES string of the molecule is O=C(NCCc1c[nH]c2ccccc12)c1cncc(Nc2ccc(F)cc2F)c1. The summed E-state index contributed by atoms with van der Waals surface area (Å²) in [6.45, 7) is 0.463. The van der Waals surface area contributed by atoms with Crippen LogP contribution < -0.4 is 10.6 Å². The highest BCUT2D eigenvalue weighted by Gasteiger charge is 2.10. The van der Waals surface area contributed by atoms with Gasteiger partial charge in [-0.3, -0.25) is 9.78 Å². The summed E-state index contributed by atoms with van der Waals surface area (Å²) in [5.74, 6) is -1.66. The van der Waals surface area contributed by atoms with Gasteiger partial charge in [-0.2, -0.15) is 0 Å². The second kappa shape index (κ2) is 8.10. The molecule has 0 saturated heterocycles. The lowest BCUT2D eigenvalue weighted by atomic mass is 10.1. The van der Waals surface area contributed by atoms with E-state index < -0.39 is 11.6 Å². The van der Waals surface area contributed by atoms with Crippen LogP contribution in [-0.2, 0) is 6.42 Å². The van der Waals surface area contributed by atoms with E-state index in [1.807, 2.05) is 30.5 Å². The monoisotopic (exact) mass is 392 g/mol. The Hall–Kier alpha value is -3.74. The quantitative estimate of drug-likeness (QED) is 0.451. The minimum absolute atomic E-state index is 0.102. The van der Waals surface area contributed by atoms with Crippen LogP contribution in [0.1, 0.15) is 15.9 Å². The van der Waals surface area contributed by atoms with E-state index in [0.29, 0.717) is 24.2 Å². The first-order valence-corrected chi connectivity index (χ1v) is 9.10. The number of nitrogens with one attached hydrogen (secondary N) is 3. The van der Waals surface area contributed by atoms with Crippen LogP contribution >= 0.6 is 0 Å². The van der Waals surface area contributed by atoms with Gasteiger partial charge < -0.3 is 15.6 Å². The maximum atomic E-state index is 13.8. The predicted octanol–water partition coefficient (Wildman–Crippen LogP) is 4.56. The third kappa shape index (κ3) is 4.24. The molecule has 1 amide bonds. The molecule has 0 bridgehead atoms. The fourth-order valence-electron chi connectivity index (χ4n) is 3.13. The van der Waals surface area contributed by atoms with Crippen LogP contribution in [0.5, 0.6) is 0 Å². The molecule has 2 heterocycles. The second-order valence-corrected chi connectivity index (χ2v) is 6.58. The average Bonchev–Trinajstić information content (AvgIpc) is 3.13.